The van der Waals surface area contributed by atoms with Crippen molar-refractivity contribution in [3.05, 3.63) is 66.0 Å². The Bertz CT molecular complexity index is 1590. The van der Waals surface area contributed by atoms with Gasteiger partial charge in [0.25, 0.3) is 10.0 Å². The number of rotatable bonds is 12. The number of sulfonamides is 1. The zero-order chi connectivity index (χ0) is 28.9. The molecule has 0 aliphatic heterocycles. The molecule has 0 bridgehead atoms. The molecule has 1 unspecified atom stereocenters. The number of thiazole rings is 1. The zero-order valence-corrected chi connectivity index (χ0v) is 23.8. The maximum atomic E-state index is 13.5. The van der Waals surface area contributed by atoms with Gasteiger partial charge in [-0.1, -0.05) is 49.4 Å². The van der Waals surface area contributed by atoms with Crippen molar-refractivity contribution in [1.29, 1.82) is 0 Å². The largest absolute Gasteiger partial charge is 0.487 e. The number of nitrogens with zero attached hydrogens (tertiary/aromatic N) is 4. The van der Waals surface area contributed by atoms with Crippen molar-refractivity contribution in [2.75, 3.05) is 6.61 Å². The second-order valence-corrected chi connectivity index (χ2v) is 12.1. The quantitative estimate of drug-likeness (QED) is 0.237. The first-order valence-corrected chi connectivity index (χ1v) is 14.9. The van der Waals surface area contributed by atoms with Gasteiger partial charge in [-0.2, -0.15) is 0 Å². The van der Waals surface area contributed by atoms with Crippen molar-refractivity contribution in [2.24, 2.45) is 11.1 Å². The second kappa shape index (κ2) is 12.5. The lowest BCUT2D eigenvalue weighted by molar-refractivity contribution is -0.149. The number of nitrogens with one attached hydrogen (secondary N) is 1. The standard InChI is InChI=1S/C26H30N6O6S2/c1-4-37-25(34)23(16(2)3)29-24(33)21(12-17-8-6-5-7-9-17)32-14-18(30-31-32)15-38-19-10-11-20-22(13-19)39-26(28-20)40(27,35)36/h5-11,13-14,16,21,23H,4,12,15H2,1-3H3,(H,29,33)(H2,27,35,36)/t21-,23?/m0/s1. The fourth-order valence-electron chi connectivity index (χ4n) is 3.91. The highest BCUT2D eigenvalue weighted by atomic mass is 32.2. The highest BCUT2D eigenvalue weighted by Crippen LogP contribution is 2.28. The fourth-order valence-corrected chi connectivity index (χ4v) is 5.59. The van der Waals surface area contributed by atoms with Gasteiger partial charge in [-0.05, 0) is 36.6 Å². The van der Waals surface area contributed by atoms with E-state index in [1.54, 1.807) is 31.3 Å². The van der Waals surface area contributed by atoms with E-state index in [4.69, 9.17) is 14.6 Å². The molecule has 0 fully saturated rings. The summed E-state index contributed by atoms with van der Waals surface area (Å²) in [6.07, 6.45) is 1.94. The molecule has 2 atom stereocenters. The molecule has 2 heterocycles. The third kappa shape index (κ3) is 7.20. The number of hydrogen-bond donors (Lipinski definition) is 2. The third-order valence-corrected chi connectivity index (χ3v) is 8.26. The zero-order valence-electron chi connectivity index (χ0n) is 22.2. The minimum absolute atomic E-state index is 0.0451. The predicted molar refractivity (Wildman–Crippen MR) is 148 cm³/mol. The van der Waals surface area contributed by atoms with Gasteiger partial charge in [-0.3, -0.25) is 4.79 Å². The molecule has 0 radical (unpaired) electrons. The molecule has 212 valence electrons. The smallest absolute Gasteiger partial charge is 0.328 e. The van der Waals surface area contributed by atoms with E-state index >= 15 is 0 Å². The maximum Gasteiger partial charge on any atom is 0.328 e. The number of carbonyl (C=O) groups is 2. The van der Waals surface area contributed by atoms with Gasteiger partial charge in [0.05, 0.1) is 23.0 Å². The summed E-state index contributed by atoms with van der Waals surface area (Å²) in [6.45, 7) is 5.63. The van der Waals surface area contributed by atoms with E-state index in [9.17, 15) is 18.0 Å². The molecule has 4 rings (SSSR count). The summed E-state index contributed by atoms with van der Waals surface area (Å²) in [5.74, 6) is -0.600. The van der Waals surface area contributed by atoms with E-state index in [0.29, 0.717) is 28.1 Å². The van der Waals surface area contributed by atoms with Crippen LogP contribution in [0.4, 0.5) is 0 Å². The first-order valence-electron chi connectivity index (χ1n) is 12.5. The van der Waals surface area contributed by atoms with Crippen LogP contribution in [0.5, 0.6) is 5.75 Å². The number of fused-ring (bicyclic) bond motifs is 1. The molecule has 0 saturated heterocycles. The summed E-state index contributed by atoms with van der Waals surface area (Å²) in [4.78, 5) is 30.0. The topological polar surface area (TPSA) is 168 Å². The summed E-state index contributed by atoms with van der Waals surface area (Å²) in [5.41, 5.74) is 1.86. The van der Waals surface area contributed by atoms with Gasteiger partial charge < -0.3 is 14.8 Å². The molecule has 0 aliphatic carbocycles. The van der Waals surface area contributed by atoms with Crippen molar-refractivity contribution >= 4 is 43.5 Å². The summed E-state index contributed by atoms with van der Waals surface area (Å²) in [6, 6.07) is 12.8. The van der Waals surface area contributed by atoms with Crippen LogP contribution in [0, 0.1) is 5.92 Å². The second-order valence-electron chi connectivity index (χ2n) is 9.32. The SMILES string of the molecule is CCOC(=O)C(NC(=O)[C@H](Cc1ccccc1)n1cc(COc2ccc3nc(S(N)(=O)=O)sc3c2)nn1)C(C)C. The van der Waals surface area contributed by atoms with Crippen LogP contribution in [0.1, 0.15) is 38.1 Å². The Morgan fingerprint density at radius 3 is 2.58 bits per heavy atom. The van der Waals surface area contributed by atoms with Crippen LogP contribution in [0.25, 0.3) is 10.2 Å². The molecule has 2 aromatic carbocycles. The first kappa shape index (κ1) is 29.1. The Balaban J connectivity index is 1.51. The van der Waals surface area contributed by atoms with Crippen LogP contribution in [-0.2, 0) is 37.4 Å². The Hall–Kier alpha value is -3.88. The fraction of sp³-hybridized carbons (Fsp3) is 0.346. The van der Waals surface area contributed by atoms with Gasteiger partial charge in [-0.25, -0.2) is 28.0 Å². The molecule has 1 amide bonds. The van der Waals surface area contributed by atoms with Gasteiger partial charge in [0.2, 0.25) is 10.2 Å². The van der Waals surface area contributed by atoms with Crippen molar-refractivity contribution in [3.63, 3.8) is 0 Å². The van der Waals surface area contributed by atoms with Crippen LogP contribution in [0.3, 0.4) is 0 Å². The van der Waals surface area contributed by atoms with Gasteiger partial charge in [-0.15, -0.1) is 16.4 Å². The average molecular weight is 587 g/mol. The lowest BCUT2D eigenvalue weighted by atomic mass is 10.0. The normalized spacial score (nSPS) is 13.2. The summed E-state index contributed by atoms with van der Waals surface area (Å²) in [7, 11) is -3.90. The van der Waals surface area contributed by atoms with Gasteiger partial charge >= 0.3 is 5.97 Å². The first-order chi connectivity index (χ1) is 19.0. The molecule has 0 saturated carbocycles. The minimum atomic E-state index is -3.90. The number of nitrogens with two attached hydrogens (primary N) is 1. The highest BCUT2D eigenvalue weighted by molar-refractivity contribution is 7.91. The Kier molecular flexibility index (Phi) is 9.12. The third-order valence-electron chi connectivity index (χ3n) is 5.93. The number of aromatic nitrogens is 4. The van der Waals surface area contributed by atoms with Gasteiger partial charge in [0, 0.05) is 6.42 Å². The molecular weight excluding hydrogens is 556 g/mol. The van der Waals surface area contributed by atoms with E-state index in [2.05, 4.69) is 20.6 Å². The molecule has 40 heavy (non-hydrogen) atoms. The monoisotopic (exact) mass is 586 g/mol. The predicted octanol–water partition coefficient (Wildman–Crippen LogP) is 2.60. The van der Waals surface area contributed by atoms with Gasteiger partial charge in [0.15, 0.2) is 0 Å². The molecule has 2 aromatic heterocycles. The van der Waals surface area contributed by atoms with E-state index in [0.717, 1.165) is 16.9 Å². The number of esters is 1. The van der Waals surface area contributed by atoms with E-state index in [1.807, 2.05) is 44.2 Å². The Morgan fingerprint density at radius 1 is 1.15 bits per heavy atom. The minimum Gasteiger partial charge on any atom is -0.487 e. The molecule has 0 aliphatic rings. The van der Waals surface area contributed by atoms with Gasteiger partial charge in [0.1, 0.15) is 30.1 Å². The van der Waals surface area contributed by atoms with Crippen LogP contribution in [0.15, 0.2) is 59.1 Å². The van der Waals surface area contributed by atoms with Crippen LogP contribution < -0.4 is 15.2 Å². The van der Waals surface area contributed by atoms with E-state index in [-0.39, 0.29) is 23.5 Å². The highest BCUT2D eigenvalue weighted by Gasteiger charge is 2.30. The molecular formula is C26H30N6O6S2. The molecule has 12 nitrogen and oxygen atoms in total. The van der Waals surface area contributed by atoms with E-state index < -0.39 is 34.0 Å². The van der Waals surface area contributed by atoms with Crippen molar-refractivity contribution in [1.82, 2.24) is 25.3 Å². The van der Waals surface area contributed by atoms with Crippen molar-refractivity contribution < 1.29 is 27.5 Å². The molecule has 0 spiro atoms. The number of carbonyl (C=O) groups excluding carboxylic acids is 2. The molecule has 14 heteroatoms. The van der Waals surface area contributed by atoms with Crippen molar-refractivity contribution in [3.8, 4) is 5.75 Å². The number of benzene rings is 2. The molecule has 4 aromatic rings. The number of primary sulfonamides is 1. The summed E-state index contributed by atoms with van der Waals surface area (Å²) in [5, 5.41) is 16.4. The summed E-state index contributed by atoms with van der Waals surface area (Å²) < 4.78 is 36.1. The number of amides is 1. The lowest BCUT2D eigenvalue weighted by Crippen LogP contribution is -2.48. The van der Waals surface area contributed by atoms with E-state index in [1.165, 1.54) is 4.68 Å². The summed E-state index contributed by atoms with van der Waals surface area (Å²) >= 11 is 0.950. The maximum absolute atomic E-state index is 13.5. The van der Waals surface area contributed by atoms with Crippen LogP contribution >= 0.6 is 11.3 Å². The lowest BCUT2D eigenvalue weighted by Gasteiger charge is -2.24. The number of hydrogen-bond acceptors (Lipinski definition) is 10. The van der Waals surface area contributed by atoms with Crippen LogP contribution in [-0.4, -0.2) is 52.9 Å². The Labute approximate surface area is 235 Å². The van der Waals surface area contributed by atoms with Crippen LogP contribution in [0.2, 0.25) is 0 Å². The van der Waals surface area contributed by atoms with Crippen molar-refractivity contribution in [2.45, 2.75) is 50.2 Å². The Morgan fingerprint density at radius 2 is 1.90 bits per heavy atom. The number of ether oxygens (including phenoxy) is 2. The molecule has 3 N–H and O–H groups in total. The average Bonchev–Trinajstić information content (AvgIpc) is 3.56.